The highest BCUT2D eigenvalue weighted by Gasteiger charge is 2.11. The molecule has 3 N–H and O–H groups in total. The summed E-state index contributed by atoms with van der Waals surface area (Å²) < 4.78 is 0. The summed E-state index contributed by atoms with van der Waals surface area (Å²) in [6.45, 7) is 0. The standard InChI is InChI=1S/C4H5BN2O3/c8-4-2-1-3(5(9)10)6-7-4/h1-2,9-10H,(H,7,8). The van der Waals surface area contributed by atoms with Crippen molar-refractivity contribution < 1.29 is 10.0 Å². The van der Waals surface area contributed by atoms with Crippen LogP contribution < -0.4 is 11.2 Å². The molecular weight excluding hydrogens is 135 g/mol. The predicted molar refractivity (Wildman–Crippen MR) is 34.7 cm³/mol. The highest BCUT2D eigenvalue weighted by molar-refractivity contribution is 6.57. The van der Waals surface area contributed by atoms with Gasteiger partial charge in [-0.3, -0.25) is 4.79 Å². The minimum absolute atomic E-state index is 0.0274. The Hall–Kier alpha value is -1.14. The zero-order chi connectivity index (χ0) is 7.56. The van der Waals surface area contributed by atoms with Gasteiger partial charge in [0, 0.05) is 6.07 Å². The van der Waals surface area contributed by atoms with Gasteiger partial charge >= 0.3 is 7.12 Å². The molecule has 1 aromatic heterocycles. The number of hydrogen-bond acceptors (Lipinski definition) is 4. The molecule has 6 heteroatoms. The fourth-order valence-corrected chi connectivity index (χ4v) is 0.499. The van der Waals surface area contributed by atoms with E-state index >= 15 is 0 Å². The van der Waals surface area contributed by atoms with E-state index in [4.69, 9.17) is 10.0 Å². The second-order valence-corrected chi connectivity index (χ2v) is 1.72. The van der Waals surface area contributed by atoms with Crippen molar-refractivity contribution in [3.63, 3.8) is 0 Å². The Labute approximate surface area is 56.5 Å². The first-order chi connectivity index (χ1) is 4.70. The SMILES string of the molecule is O=c1ccc(B(O)O)n[nH]1. The molecule has 0 aliphatic carbocycles. The van der Waals surface area contributed by atoms with Crippen LogP contribution in [-0.2, 0) is 0 Å². The van der Waals surface area contributed by atoms with Crippen molar-refractivity contribution in [1.29, 1.82) is 0 Å². The van der Waals surface area contributed by atoms with Crippen molar-refractivity contribution in [2.75, 3.05) is 0 Å². The normalized spacial score (nSPS) is 9.40. The summed E-state index contributed by atoms with van der Waals surface area (Å²) in [6, 6.07) is 2.41. The molecule has 0 unspecified atom stereocenters. The smallest absolute Gasteiger partial charge is 0.422 e. The molecule has 5 nitrogen and oxygen atoms in total. The van der Waals surface area contributed by atoms with E-state index in [1.54, 1.807) is 0 Å². The summed E-state index contributed by atoms with van der Waals surface area (Å²) in [4.78, 5) is 10.4. The second-order valence-electron chi connectivity index (χ2n) is 1.72. The van der Waals surface area contributed by atoms with Crippen LogP contribution in [-0.4, -0.2) is 27.4 Å². The molecule has 52 valence electrons. The highest BCUT2D eigenvalue weighted by Crippen LogP contribution is 1.68. The molecule has 0 aliphatic rings. The molecule has 0 bridgehead atoms. The molecule has 0 atom stereocenters. The van der Waals surface area contributed by atoms with Gasteiger partial charge < -0.3 is 10.0 Å². The molecular formula is C4H5BN2O3. The minimum atomic E-state index is -1.63. The summed E-state index contributed by atoms with van der Waals surface area (Å²) >= 11 is 0. The van der Waals surface area contributed by atoms with Crippen LogP contribution in [0, 0.1) is 0 Å². The monoisotopic (exact) mass is 140 g/mol. The largest absolute Gasteiger partial charge is 0.509 e. The summed E-state index contributed by atoms with van der Waals surface area (Å²) in [5.74, 6) is 0. The molecule has 0 fully saturated rings. The predicted octanol–water partition coefficient (Wildman–Crippen LogP) is -2.55. The average molecular weight is 140 g/mol. The number of nitrogens with zero attached hydrogens (tertiary/aromatic N) is 1. The van der Waals surface area contributed by atoms with Crippen LogP contribution in [0.5, 0.6) is 0 Å². The Bertz CT molecular complexity index is 251. The van der Waals surface area contributed by atoms with Gasteiger partial charge in [0.2, 0.25) is 0 Å². The summed E-state index contributed by atoms with van der Waals surface area (Å²) in [7, 11) is -1.63. The molecule has 1 aromatic rings. The summed E-state index contributed by atoms with van der Waals surface area (Å²) in [5, 5.41) is 22.4. The Kier molecular flexibility index (Phi) is 1.84. The van der Waals surface area contributed by atoms with Gasteiger partial charge in [-0.05, 0) is 6.07 Å². The average Bonchev–Trinajstić information content (AvgIpc) is 1.88. The van der Waals surface area contributed by atoms with E-state index in [1.807, 2.05) is 0 Å². The molecule has 0 saturated carbocycles. The summed E-state index contributed by atoms with van der Waals surface area (Å²) in [6.07, 6.45) is 0. The third-order valence-electron chi connectivity index (χ3n) is 0.965. The lowest BCUT2D eigenvalue weighted by Crippen LogP contribution is -2.34. The number of aromatic amines is 1. The van der Waals surface area contributed by atoms with Crippen LogP contribution in [0.4, 0.5) is 0 Å². The number of hydrogen-bond donors (Lipinski definition) is 3. The maximum absolute atomic E-state index is 10.4. The van der Waals surface area contributed by atoms with E-state index in [1.165, 1.54) is 12.1 Å². The maximum atomic E-state index is 10.4. The van der Waals surface area contributed by atoms with E-state index in [9.17, 15) is 4.79 Å². The van der Waals surface area contributed by atoms with Crippen molar-refractivity contribution in [3.05, 3.63) is 22.5 Å². The van der Waals surface area contributed by atoms with Crippen LogP contribution in [0.3, 0.4) is 0 Å². The van der Waals surface area contributed by atoms with E-state index in [0.717, 1.165) is 0 Å². The summed E-state index contributed by atoms with van der Waals surface area (Å²) in [5.41, 5.74) is -0.344. The Morgan fingerprint density at radius 1 is 1.50 bits per heavy atom. The van der Waals surface area contributed by atoms with Gasteiger partial charge in [-0.1, -0.05) is 0 Å². The topological polar surface area (TPSA) is 86.2 Å². The van der Waals surface area contributed by atoms with Crippen molar-refractivity contribution in [2.45, 2.75) is 0 Å². The van der Waals surface area contributed by atoms with Crippen molar-refractivity contribution in [1.82, 2.24) is 10.2 Å². The van der Waals surface area contributed by atoms with Gasteiger partial charge in [-0.25, -0.2) is 5.10 Å². The molecule has 0 aliphatic heterocycles. The molecule has 0 saturated heterocycles. The molecule has 0 radical (unpaired) electrons. The minimum Gasteiger partial charge on any atom is -0.422 e. The molecule has 0 aromatic carbocycles. The lowest BCUT2D eigenvalue weighted by atomic mass is 9.86. The van der Waals surface area contributed by atoms with Crippen LogP contribution in [0.15, 0.2) is 16.9 Å². The molecule has 0 spiro atoms. The third-order valence-corrected chi connectivity index (χ3v) is 0.965. The zero-order valence-electron chi connectivity index (χ0n) is 4.98. The van der Waals surface area contributed by atoms with Crippen LogP contribution in [0.2, 0.25) is 0 Å². The number of nitrogens with one attached hydrogen (secondary N) is 1. The lowest BCUT2D eigenvalue weighted by Gasteiger charge is -1.92. The molecule has 1 rings (SSSR count). The van der Waals surface area contributed by atoms with Gasteiger partial charge in [0.15, 0.2) is 0 Å². The van der Waals surface area contributed by atoms with Crippen molar-refractivity contribution >= 4 is 12.7 Å². The van der Waals surface area contributed by atoms with E-state index in [2.05, 4.69) is 10.2 Å². The first-order valence-corrected chi connectivity index (χ1v) is 2.62. The second kappa shape index (κ2) is 2.63. The van der Waals surface area contributed by atoms with E-state index in [-0.39, 0.29) is 11.2 Å². The van der Waals surface area contributed by atoms with E-state index in [0.29, 0.717) is 0 Å². The Morgan fingerprint density at radius 2 is 2.20 bits per heavy atom. The number of aromatic nitrogens is 2. The van der Waals surface area contributed by atoms with Gasteiger partial charge in [0.1, 0.15) is 0 Å². The molecule has 0 amide bonds. The van der Waals surface area contributed by atoms with Crippen LogP contribution >= 0.6 is 0 Å². The number of rotatable bonds is 1. The van der Waals surface area contributed by atoms with E-state index < -0.39 is 7.12 Å². The quantitative estimate of drug-likeness (QED) is 0.374. The molecule has 10 heavy (non-hydrogen) atoms. The highest BCUT2D eigenvalue weighted by atomic mass is 16.4. The van der Waals surface area contributed by atoms with Gasteiger partial charge in [-0.15, -0.1) is 0 Å². The Balaban J connectivity index is 3.00. The zero-order valence-corrected chi connectivity index (χ0v) is 4.98. The van der Waals surface area contributed by atoms with Crippen molar-refractivity contribution in [3.8, 4) is 0 Å². The van der Waals surface area contributed by atoms with Crippen LogP contribution in [0.1, 0.15) is 0 Å². The fraction of sp³-hybridized carbons (Fsp3) is 0. The van der Waals surface area contributed by atoms with Crippen molar-refractivity contribution in [2.24, 2.45) is 0 Å². The lowest BCUT2D eigenvalue weighted by molar-refractivity contribution is 0.423. The third kappa shape index (κ3) is 1.43. The first-order valence-electron chi connectivity index (χ1n) is 2.62. The molecule has 1 heterocycles. The van der Waals surface area contributed by atoms with Gasteiger partial charge in [-0.2, -0.15) is 5.10 Å². The van der Waals surface area contributed by atoms with Gasteiger partial charge in [0.25, 0.3) is 5.56 Å². The Morgan fingerprint density at radius 3 is 2.60 bits per heavy atom. The fourth-order valence-electron chi connectivity index (χ4n) is 0.499. The van der Waals surface area contributed by atoms with Crippen LogP contribution in [0.25, 0.3) is 0 Å². The number of H-pyrrole nitrogens is 1. The maximum Gasteiger partial charge on any atom is 0.509 e. The first kappa shape index (κ1) is 6.98. The van der Waals surface area contributed by atoms with Gasteiger partial charge in [0.05, 0.1) is 5.59 Å².